The van der Waals surface area contributed by atoms with Gasteiger partial charge in [0, 0.05) is 43.0 Å². The van der Waals surface area contributed by atoms with Crippen LogP contribution in [-0.4, -0.2) is 85.4 Å². The van der Waals surface area contributed by atoms with Gasteiger partial charge in [-0.25, -0.2) is 14.8 Å². The van der Waals surface area contributed by atoms with Gasteiger partial charge >= 0.3 is 5.97 Å². The van der Waals surface area contributed by atoms with Crippen molar-refractivity contribution >= 4 is 29.6 Å². The van der Waals surface area contributed by atoms with Crippen LogP contribution in [0.25, 0.3) is 0 Å². The Hall–Kier alpha value is -4.31. The number of aliphatic carboxylic acids is 1. The summed E-state index contributed by atoms with van der Waals surface area (Å²) in [5.41, 5.74) is 17.8. The van der Waals surface area contributed by atoms with Crippen molar-refractivity contribution in [3.63, 3.8) is 0 Å². The molecule has 4 atom stereocenters. The Balaban J connectivity index is 2.16. The Kier molecular flexibility index (Phi) is 12.5. The number of aromatic nitrogens is 4. The number of rotatable bonds is 18. The molecular weight excluding hydrogens is 512 g/mol. The van der Waals surface area contributed by atoms with Crippen molar-refractivity contribution in [1.82, 2.24) is 35.9 Å². The second kappa shape index (κ2) is 15.8. The summed E-state index contributed by atoms with van der Waals surface area (Å²) in [6.45, 7) is 0.368. The number of carboxylic acid groups (broad SMARTS) is 1. The summed E-state index contributed by atoms with van der Waals surface area (Å²) >= 11 is 0. The summed E-state index contributed by atoms with van der Waals surface area (Å²) in [6, 6.07) is -4.73. The number of nitrogens with one attached hydrogen (secondary N) is 5. The number of carbonyl (C=O) groups is 5. The van der Waals surface area contributed by atoms with Gasteiger partial charge in [0.25, 0.3) is 0 Å². The average Bonchev–Trinajstić information content (AvgIpc) is 3.59. The van der Waals surface area contributed by atoms with Crippen molar-refractivity contribution in [2.75, 3.05) is 6.54 Å². The molecule has 0 aliphatic heterocycles. The van der Waals surface area contributed by atoms with Crippen LogP contribution >= 0.6 is 0 Å². The molecule has 214 valence electrons. The van der Waals surface area contributed by atoms with Crippen LogP contribution in [0, 0.1) is 0 Å². The number of primary amides is 1. The Morgan fingerprint density at radius 3 is 1.92 bits per heavy atom. The first-order valence-corrected chi connectivity index (χ1v) is 12.4. The highest BCUT2D eigenvalue weighted by molar-refractivity contribution is 5.94. The highest BCUT2D eigenvalue weighted by atomic mass is 16.4. The van der Waals surface area contributed by atoms with Crippen LogP contribution in [0.1, 0.15) is 43.5 Å². The normalized spacial score (nSPS) is 14.0. The smallest absolute Gasteiger partial charge is 0.326 e. The minimum Gasteiger partial charge on any atom is -0.480 e. The summed E-state index contributed by atoms with van der Waals surface area (Å²) in [4.78, 5) is 75.6. The van der Waals surface area contributed by atoms with Crippen LogP contribution in [0.15, 0.2) is 25.0 Å². The predicted molar refractivity (Wildman–Crippen MR) is 137 cm³/mol. The molecule has 2 aromatic rings. The highest BCUT2D eigenvalue weighted by Crippen LogP contribution is 2.07. The quantitative estimate of drug-likeness (QED) is 0.0861. The van der Waals surface area contributed by atoms with Gasteiger partial charge in [-0.05, 0) is 32.2 Å². The van der Waals surface area contributed by atoms with E-state index in [0.29, 0.717) is 30.8 Å². The van der Waals surface area contributed by atoms with E-state index < -0.39 is 53.8 Å². The maximum Gasteiger partial charge on any atom is 0.326 e. The maximum atomic E-state index is 13.3. The second-order valence-corrected chi connectivity index (χ2v) is 8.98. The molecule has 0 radical (unpaired) electrons. The monoisotopic (exact) mass is 548 g/mol. The first kappa shape index (κ1) is 30.9. The lowest BCUT2D eigenvalue weighted by molar-refractivity contribution is -0.142. The molecule has 16 nitrogen and oxygen atoms in total. The molecule has 2 heterocycles. The van der Waals surface area contributed by atoms with E-state index in [-0.39, 0.29) is 32.1 Å². The highest BCUT2D eigenvalue weighted by Gasteiger charge is 2.31. The summed E-state index contributed by atoms with van der Waals surface area (Å²) < 4.78 is 0. The van der Waals surface area contributed by atoms with E-state index in [2.05, 4.69) is 35.9 Å². The lowest BCUT2D eigenvalue weighted by atomic mass is 10.0. The van der Waals surface area contributed by atoms with Gasteiger partial charge in [0.1, 0.15) is 18.1 Å². The number of unbranched alkanes of at least 4 members (excludes halogenated alkanes) is 1. The van der Waals surface area contributed by atoms with Gasteiger partial charge in [-0.15, -0.1) is 0 Å². The van der Waals surface area contributed by atoms with Gasteiger partial charge in [0.2, 0.25) is 23.6 Å². The van der Waals surface area contributed by atoms with Crippen molar-refractivity contribution in [2.45, 2.75) is 69.1 Å². The summed E-state index contributed by atoms with van der Waals surface area (Å²) in [5, 5.41) is 17.0. The number of nitrogens with zero attached hydrogens (tertiary/aromatic N) is 2. The fourth-order valence-corrected chi connectivity index (χ4v) is 3.68. The number of carbonyl (C=O) groups excluding carboxylic acids is 4. The van der Waals surface area contributed by atoms with Gasteiger partial charge in [0.15, 0.2) is 0 Å². The largest absolute Gasteiger partial charge is 0.480 e. The van der Waals surface area contributed by atoms with Crippen molar-refractivity contribution < 1.29 is 29.1 Å². The SMILES string of the molecule is NCCCC[C@@H](NC(=O)[C@@H](CCC(N)=O)NC(=O)[C@@H](Cc1cnc[nH]1)NC(=O)[C@H](N)Cc1cnc[nH]1)C(=O)O. The number of imidazole rings is 2. The van der Waals surface area contributed by atoms with Gasteiger partial charge < -0.3 is 48.2 Å². The van der Waals surface area contributed by atoms with Gasteiger partial charge in [-0.1, -0.05) is 0 Å². The maximum absolute atomic E-state index is 13.3. The zero-order valence-corrected chi connectivity index (χ0v) is 21.4. The van der Waals surface area contributed by atoms with Gasteiger partial charge in [-0.2, -0.15) is 0 Å². The number of hydrogen-bond donors (Lipinski definition) is 9. The summed E-state index contributed by atoms with van der Waals surface area (Å²) in [5.74, 6) is -4.17. The first-order valence-electron chi connectivity index (χ1n) is 12.4. The summed E-state index contributed by atoms with van der Waals surface area (Å²) in [7, 11) is 0. The molecule has 0 aliphatic rings. The van der Waals surface area contributed by atoms with Crippen LogP contribution in [0.3, 0.4) is 0 Å². The molecule has 0 unspecified atom stereocenters. The molecule has 12 N–H and O–H groups in total. The van der Waals surface area contributed by atoms with Crippen LogP contribution < -0.4 is 33.2 Å². The molecule has 0 saturated carbocycles. The van der Waals surface area contributed by atoms with E-state index in [0.717, 1.165) is 0 Å². The molecule has 0 spiro atoms. The topological polar surface area (TPSA) is 277 Å². The fourth-order valence-electron chi connectivity index (χ4n) is 3.68. The Bertz CT molecular complexity index is 1080. The fraction of sp³-hybridized carbons (Fsp3) is 0.522. The van der Waals surface area contributed by atoms with Crippen LogP contribution in [0.2, 0.25) is 0 Å². The molecule has 2 aromatic heterocycles. The van der Waals surface area contributed by atoms with E-state index in [9.17, 15) is 29.1 Å². The molecular formula is C23H36N10O6. The lowest BCUT2D eigenvalue weighted by Crippen LogP contribution is -2.58. The average molecular weight is 549 g/mol. The molecule has 0 saturated heterocycles. The minimum absolute atomic E-state index is 0.0185. The van der Waals surface area contributed by atoms with Crippen molar-refractivity contribution in [2.24, 2.45) is 17.2 Å². The molecule has 0 aromatic carbocycles. The van der Waals surface area contributed by atoms with Crippen molar-refractivity contribution in [1.29, 1.82) is 0 Å². The first-order chi connectivity index (χ1) is 18.6. The summed E-state index contributed by atoms with van der Waals surface area (Å²) in [6.07, 6.45) is 6.65. The number of nitrogens with two attached hydrogens (primary N) is 3. The van der Waals surface area contributed by atoms with E-state index in [1.165, 1.54) is 25.0 Å². The molecule has 39 heavy (non-hydrogen) atoms. The Morgan fingerprint density at radius 2 is 1.38 bits per heavy atom. The van der Waals surface area contributed by atoms with Crippen molar-refractivity contribution in [3.05, 3.63) is 36.4 Å². The van der Waals surface area contributed by atoms with E-state index in [1.54, 1.807) is 0 Å². The third-order valence-electron chi connectivity index (χ3n) is 5.82. The zero-order chi connectivity index (χ0) is 28.8. The molecule has 0 aliphatic carbocycles. The molecule has 2 rings (SSSR count). The van der Waals surface area contributed by atoms with E-state index in [1.807, 2.05) is 0 Å². The standard InChI is InChI=1S/C23H36N10O6/c24-6-2-1-3-17(23(38)39)32-21(36)16(4-5-19(26)34)31-22(37)18(8-14-10-28-12-30-14)33-20(35)15(25)7-13-9-27-11-29-13/h9-12,15-18H,1-8,24-25H2,(H2,26,34)(H,27,29)(H,28,30)(H,31,37)(H,32,36)(H,33,35)(H,38,39)/t15-,16-,17-,18-/m1/s1. The molecule has 0 fully saturated rings. The van der Waals surface area contributed by atoms with Crippen LogP contribution in [-0.2, 0) is 36.8 Å². The number of hydrogen-bond acceptors (Lipinski definition) is 9. The third kappa shape index (κ3) is 10.9. The van der Waals surface area contributed by atoms with Gasteiger partial charge in [-0.3, -0.25) is 19.2 Å². The van der Waals surface area contributed by atoms with Crippen LogP contribution in [0.4, 0.5) is 0 Å². The van der Waals surface area contributed by atoms with E-state index >= 15 is 0 Å². The van der Waals surface area contributed by atoms with E-state index in [4.69, 9.17) is 17.2 Å². The predicted octanol–water partition coefficient (Wildman–Crippen LogP) is -2.82. The van der Waals surface area contributed by atoms with Gasteiger partial charge in [0.05, 0.1) is 18.7 Å². The van der Waals surface area contributed by atoms with Crippen molar-refractivity contribution in [3.8, 4) is 0 Å². The Labute approximate surface area is 224 Å². The minimum atomic E-state index is -1.30. The number of aromatic amines is 2. The Morgan fingerprint density at radius 1 is 0.821 bits per heavy atom. The number of H-pyrrole nitrogens is 2. The zero-order valence-electron chi connectivity index (χ0n) is 21.4. The lowest BCUT2D eigenvalue weighted by Gasteiger charge is -2.25. The second-order valence-electron chi connectivity index (χ2n) is 8.98. The number of amides is 4. The molecule has 0 bridgehead atoms. The molecule has 16 heteroatoms. The van der Waals surface area contributed by atoms with Crippen LogP contribution in [0.5, 0.6) is 0 Å². The molecule has 4 amide bonds. The third-order valence-corrected chi connectivity index (χ3v) is 5.82. The number of carboxylic acids is 1.